The largest absolute Gasteiger partial charge is 0.499 e. The molecule has 0 aromatic carbocycles. The number of aromatic amines is 1. The Morgan fingerprint density at radius 2 is 1.30 bits per heavy atom. The summed E-state index contributed by atoms with van der Waals surface area (Å²) in [7, 11) is 0. The van der Waals surface area contributed by atoms with Crippen molar-refractivity contribution in [2.75, 3.05) is 17.7 Å². The summed E-state index contributed by atoms with van der Waals surface area (Å²) < 4.78 is 12.8. The van der Waals surface area contributed by atoms with E-state index in [1.807, 2.05) is 0 Å². The summed E-state index contributed by atoms with van der Waals surface area (Å²) in [6, 6.07) is 1.65. The van der Waals surface area contributed by atoms with Gasteiger partial charge in [0.1, 0.15) is 29.8 Å². The lowest BCUT2D eigenvalue weighted by Gasteiger charge is -2.17. The molecule has 0 radical (unpaired) electrons. The number of ether oxygens (including phenoxy) is 2. The van der Waals surface area contributed by atoms with Gasteiger partial charge in [0.2, 0.25) is 18.0 Å². The topological polar surface area (TPSA) is 257 Å². The molecule has 1 aromatic rings. The first-order valence-electron chi connectivity index (χ1n) is 17.4. The summed E-state index contributed by atoms with van der Waals surface area (Å²) in [6.07, 6.45) is 19.7. The van der Waals surface area contributed by atoms with Gasteiger partial charge in [-0.25, -0.2) is 0 Å². The number of thioether (sulfide) groups is 1. The summed E-state index contributed by atoms with van der Waals surface area (Å²) >= 11 is 1.50. The van der Waals surface area contributed by atoms with Gasteiger partial charge < -0.3 is 43.9 Å². The second-order valence-corrected chi connectivity index (χ2v) is 14.2. The average Bonchev–Trinajstić information content (AvgIpc) is 3.45. The predicted molar refractivity (Wildman–Crippen MR) is 186 cm³/mol. The Kier molecular flexibility index (Phi) is 19.7. The van der Waals surface area contributed by atoms with Gasteiger partial charge in [-0.05, 0) is 38.5 Å². The highest BCUT2D eigenvalue weighted by atomic mass is 32.2. The molecule has 0 bridgehead atoms. The van der Waals surface area contributed by atoms with Crippen LogP contribution >= 0.6 is 11.8 Å². The second kappa shape index (κ2) is 22.5. The maximum Gasteiger partial charge on any atom is 0.499 e. The highest BCUT2D eigenvalue weighted by molar-refractivity contribution is 8.00. The van der Waals surface area contributed by atoms with E-state index in [-0.39, 0.29) is 29.6 Å². The molecule has 1 saturated heterocycles. The molecule has 270 valence electrons. The van der Waals surface area contributed by atoms with Crippen molar-refractivity contribution in [2.45, 2.75) is 152 Å². The number of aromatic nitrogens is 2. The fraction of sp³-hybridized carbons (Fsp3) is 0.812. The van der Waals surface area contributed by atoms with Crippen LogP contribution < -0.4 is 50.0 Å². The minimum absolute atomic E-state index is 0.132. The Bertz CT molecular complexity index is 1090. The van der Waals surface area contributed by atoms with Gasteiger partial charge in [0.05, 0.1) is 5.75 Å². The molecule has 2 rings (SSSR count). The maximum absolute atomic E-state index is 12.7. The molecule has 47 heavy (non-hydrogen) atoms. The molecular weight excluding hydrogens is 622 g/mol. The smallest absolute Gasteiger partial charge is 0.462 e. The molecule has 14 N–H and O–H groups in total. The lowest BCUT2D eigenvalue weighted by Crippen LogP contribution is -2.57. The quantitative estimate of drug-likeness (QED) is 0.0303. The van der Waals surface area contributed by atoms with E-state index in [9.17, 15) is 14.4 Å². The molecule has 1 fully saturated rings. The minimum Gasteiger partial charge on any atom is -0.462 e. The van der Waals surface area contributed by atoms with Gasteiger partial charge in [-0.1, -0.05) is 77.0 Å². The third kappa shape index (κ3) is 20.8. The van der Waals surface area contributed by atoms with E-state index in [4.69, 9.17) is 43.9 Å². The molecule has 0 aliphatic carbocycles. The van der Waals surface area contributed by atoms with Crippen LogP contribution in [0.15, 0.2) is 17.1 Å². The average molecular weight is 685 g/mol. The summed E-state index contributed by atoms with van der Waals surface area (Å²) in [5.74, 6) is -1.61. The Morgan fingerprint density at radius 1 is 0.809 bits per heavy atom. The van der Waals surface area contributed by atoms with Crippen LogP contribution in [0.2, 0.25) is 0 Å². The van der Waals surface area contributed by atoms with Gasteiger partial charge >= 0.3 is 11.7 Å². The van der Waals surface area contributed by atoms with E-state index >= 15 is 0 Å². The number of amides is 1. The van der Waals surface area contributed by atoms with E-state index in [0.717, 1.165) is 103 Å². The zero-order chi connectivity index (χ0) is 34.5. The second-order valence-electron chi connectivity index (χ2n) is 13.0. The highest BCUT2D eigenvalue weighted by Gasteiger charge is 2.32. The number of hydrogen-bond donors (Lipinski definition) is 8. The first kappa shape index (κ1) is 41.1. The van der Waals surface area contributed by atoms with Crippen molar-refractivity contribution < 1.29 is 23.6 Å². The van der Waals surface area contributed by atoms with Crippen LogP contribution in [0.1, 0.15) is 135 Å². The van der Waals surface area contributed by atoms with Gasteiger partial charge in [-0.3, -0.25) is 14.9 Å². The maximum atomic E-state index is 12.7. The summed E-state index contributed by atoms with van der Waals surface area (Å²) in [5, 5.41) is 2.77. The van der Waals surface area contributed by atoms with E-state index in [0.29, 0.717) is 37.3 Å². The Hall–Kier alpha value is -2.11. The SMILES string of the molecule is NC(N)(N)CCCCCCCCCCC(=O)Nc1cc[n+]([C@@H]2CS[C@H](COC(=O)CCCCCCCCCCC(N)(N)N)O2)c(=O)[nH]1. The fourth-order valence-electron chi connectivity index (χ4n) is 5.40. The van der Waals surface area contributed by atoms with E-state index in [2.05, 4.69) is 10.3 Å². The number of esters is 1. The fourth-order valence-corrected chi connectivity index (χ4v) is 6.39. The van der Waals surface area contributed by atoms with Crippen LogP contribution in [0.25, 0.3) is 0 Å². The molecule has 0 saturated carbocycles. The summed E-state index contributed by atoms with van der Waals surface area (Å²) in [5.41, 5.74) is 32.8. The molecular formula is C32H62N9O5S+. The van der Waals surface area contributed by atoms with E-state index in [1.165, 1.54) is 16.3 Å². The van der Waals surface area contributed by atoms with E-state index in [1.54, 1.807) is 12.3 Å². The van der Waals surface area contributed by atoms with Crippen LogP contribution in [-0.4, -0.2) is 46.2 Å². The molecule has 1 amide bonds. The van der Waals surface area contributed by atoms with Crippen molar-refractivity contribution in [1.29, 1.82) is 0 Å². The van der Waals surface area contributed by atoms with E-state index < -0.39 is 17.8 Å². The predicted octanol–water partition coefficient (Wildman–Crippen LogP) is 2.59. The van der Waals surface area contributed by atoms with Crippen LogP contribution in [0.4, 0.5) is 5.82 Å². The molecule has 1 aliphatic heterocycles. The number of unbranched alkanes of at least 4 members (excludes halogenated alkanes) is 14. The lowest BCUT2D eigenvalue weighted by molar-refractivity contribution is -0.770. The van der Waals surface area contributed by atoms with Crippen LogP contribution in [0.3, 0.4) is 0 Å². The number of carbonyl (C=O) groups is 2. The molecule has 1 aromatic heterocycles. The summed E-state index contributed by atoms with van der Waals surface area (Å²) in [4.78, 5) is 39.9. The minimum atomic E-state index is -1.07. The zero-order valence-electron chi connectivity index (χ0n) is 28.2. The van der Waals surface area contributed by atoms with Crippen molar-refractivity contribution in [2.24, 2.45) is 34.4 Å². The number of nitrogens with two attached hydrogens (primary N) is 6. The standard InChI is InChI=1S/C32H61N9O5S/c33-31(34,35)20-15-11-7-3-1-5-9-13-17-26(42)39-25-19-22-41(30(44)40-25)27-24-47-29(46-27)23-45-28(43)18-14-10-6-2-4-8-12-16-21-32(36,37)38/h19,22,27,29H,1-18,20-21,23-24,33-38H2,(H,39,40,42,44)/p+1/t27-,29+/m0/s1. The van der Waals surface area contributed by atoms with Gasteiger partial charge in [0.15, 0.2) is 0 Å². The first-order chi connectivity index (χ1) is 22.3. The Labute approximate surface area is 284 Å². The number of nitrogens with one attached hydrogen (secondary N) is 2. The third-order valence-corrected chi connectivity index (χ3v) is 9.18. The number of nitrogens with zero attached hydrogens (tertiary/aromatic N) is 1. The van der Waals surface area contributed by atoms with Crippen LogP contribution in [0, 0.1) is 0 Å². The normalized spacial score (nSPS) is 16.8. The lowest BCUT2D eigenvalue weighted by atomic mass is 10.0. The molecule has 0 unspecified atom stereocenters. The van der Waals surface area contributed by atoms with Gasteiger partial charge in [-0.15, -0.1) is 11.8 Å². The van der Waals surface area contributed by atoms with Gasteiger partial charge in [0, 0.05) is 18.9 Å². The number of carbonyl (C=O) groups excluding carboxylic acids is 2. The van der Waals surface area contributed by atoms with Crippen molar-refractivity contribution in [3.8, 4) is 0 Å². The van der Waals surface area contributed by atoms with Gasteiger partial charge in [-0.2, -0.15) is 14.3 Å². The number of H-pyrrole nitrogens is 1. The molecule has 14 nitrogen and oxygen atoms in total. The van der Waals surface area contributed by atoms with Crippen LogP contribution in [0.5, 0.6) is 0 Å². The number of anilines is 1. The van der Waals surface area contributed by atoms with Crippen molar-refractivity contribution in [3.05, 3.63) is 22.7 Å². The Balaban J connectivity index is 1.52. The monoisotopic (exact) mass is 684 g/mol. The Morgan fingerprint density at radius 3 is 1.81 bits per heavy atom. The first-order valence-corrected chi connectivity index (χ1v) is 18.5. The van der Waals surface area contributed by atoms with Crippen LogP contribution in [-0.2, 0) is 19.1 Å². The zero-order valence-corrected chi connectivity index (χ0v) is 29.0. The molecule has 0 spiro atoms. The van der Waals surface area contributed by atoms with Crippen molar-refractivity contribution in [1.82, 2.24) is 4.98 Å². The van der Waals surface area contributed by atoms with Crippen molar-refractivity contribution >= 4 is 29.5 Å². The molecule has 2 atom stereocenters. The van der Waals surface area contributed by atoms with Gasteiger partial charge in [0.25, 0.3) is 0 Å². The molecule has 15 heteroatoms. The number of rotatable bonds is 26. The van der Waals surface area contributed by atoms with Crippen molar-refractivity contribution in [3.63, 3.8) is 0 Å². The highest BCUT2D eigenvalue weighted by Crippen LogP contribution is 2.28. The summed E-state index contributed by atoms with van der Waals surface area (Å²) in [6.45, 7) is 0.140. The third-order valence-electron chi connectivity index (χ3n) is 8.08. The number of hydrogen-bond acceptors (Lipinski definition) is 12. The molecule has 1 aliphatic rings. The molecule has 2 heterocycles.